The summed E-state index contributed by atoms with van der Waals surface area (Å²) in [6, 6.07) is 8.79. The van der Waals surface area contributed by atoms with E-state index in [2.05, 4.69) is 21.9 Å². The summed E-state index contributed by atoms with van der Waals surface area (Å²) >= 11 is 0. The van der Waals surface area contributed by atoms with Gasteiger partial charge < -0.3 is 20.1 Å². The monoisotopic (exact) mass is 360 g/mol. The predicted octanol–water partition coefficient (Wildman–Crippen LogP) is 1.36. The minimum Gasteiger partial charge on any atom is -0.460 e. The van der Waals surface area contributed by atoms with Gasteiger partial charge in [-0.1, -0.05) is 12.1 Å². The van der Waals surface area contributed by atoms with Gasteiger partial charge in [0.05, 0.1) is 13.2 Å². The van der Waals surface area contributed by atoms with Crippen LogP contribution in [0.5, 0.6) is 0 Å². The first-order valence-electron chi connectivity index (χ1n) is 9.26. The molecule has 0 bridgehead atoms. The van der Waals surface area contributed by atoms with E-state index in [9.17, 15) is 4.79 Å². The van der Waals surface area contributed by atoms with Gasteiger partial charge in [-0.3, -0.25) is 15.1 Å². The van der Waals surface area contributed by atoms with Crippen molar-refractivity contribution in [3.63, 3.8) is 0 Å². The number of carbonyl (C=O) groups excluding carboxylic acids is 1. The van der Waals surface area contributed by atoms with Gasteiger partial charge in [0.1, 0.15) is 18.9 Å². The molecule has 142 valence electrons. The molecule has 0 spiro atoms. The minimum atomic E-state index is -0.464. The zero-order chi connectivity index (χ0) is 18.4. The molecule has 0 saturated carbocycles. The smallest absolute Gasteiger partial charge is 0.313 e. The maximum atomic E-state index is 11.5. The lowest BCUT2D eigenvalue weighted by Gasteiger charge is -2.40. The summed E-state index contributed by atoms with van der Waals surface area (Å²) in [5, 5.41) is 7.13. The average Bonchev–Trinajstić information content (AvgIpc) is 2.67. The Kier molecular flexibility index (Phi) is 6.46. The first-order chi connectivity index (χ1) is 12.6. The molecule has 0 radical (unpaired) electrons. The quantitative estimate of drug-likeness (QED) is 0.452. The first-order valence-corrected chi connectivity index (χ1v) is 9.26. The molecule has 0 aliphatic carbocycles. The van der Waals surface area contributed by atoms with Gasteiger partial charge in [-0.25, -0.2) is 0 Å². The molecule has 2 saturated heterocycles. The van der Waals surface area contributed by atoms with Crippen molar-refractivity contribution in [2.45, 2.75) is 31.9 Å². The Hall–Kier alpha value is -2.12. The molecule has 7 heteroatoms. The van der Waals surface area contributed by atoms with Crippen LogP contribution in [0.2, 0.25) is 0 Å². The van der Waals surface area contributed by atoms with E-state index in [0.717, 1.165) is 57.8 Å². The number of piperidine rings is 1. The van der Waals surface area contributed by atoms with Gasteiger partial charge in [-0.2, -0.15) is 0 Å². The fraction of sp³-hybridized carbons (Fsp3) is 0.579. The van der Waals surface area contributed by atoms with Crippen molar-refractivity contribution >= 4 is 17.5 Å². The first kappa shape index (κ1) is 18.7. The predicted molar refractivity (Wildman–Crippen MR) is 100 cm³/mol. The van der Waals surface area contributed by atoms with Gasteiger partial charge in [0, 0.05) is 37.9 Å². The van der Waals surface area contributed by atoms with Crippen LogP contribution in [0.1, 0.15) is 24.8 Å². The van der Waals surface area contributed by atoms with Gasteiger partial charge in [-0.15, -0.1) is 0 Å². The highest BCUT2D eigenvalue weighted by molar-refractivity contribution is 5.94. The lowest BCUT2D eigenvalue weighted by Crippen LogP contribution is -2.49. The standard InChI is InChI=1S/C19H28N4O3/c20-18(21)13-19(24)26-14-15-2-1-3-17(12-15)22-6-4-16(5-7-22)23-8-10-25-11-9-23/h1-3,12,16H,4-11,13-14H2,(H3,20,21). The Morgan fingerprint density at radius 1 is 1.23 bits per heavy atom. The molecule has 2 fully saturated rings. The number of benzene rings is 1. The zero-order valence-corrected chi connectivity index (χ0v) is 15.2. The van der Waals surface area contributed by atoms with E-state index in [1.165, 1.54) is 5.69 Å². The molecule has 0 aromatic heterocycles. The highest BCUT2D eigenvalue weighted by atomic mass is 16.5. The van der Waals surface area contributed by atoms with E-state index in [-0.39, 0.29) is 18.9 Å². The van der Waals surface area contributed by atoms with Gasteiger partial charge >= 0.3 is 5.97 Å². The van der Waals surface area contributed by atoms with E-state index in [0.29, 0.717) is 6.04 Å². The van der Waals surface area contributed by atoms with E-state index >= 15 is 0 Å². The second-order valence-electron chi connectivity index (χ2n) is 6.90. The highest BCUT2D eigenvalue weighted by Gasteiger charge is 2.25. The molecule has 2 aliphatic heterocycles. The molecule has 7 nitrogen and oxygen atoms in total. The number of nitrogens with zero attached hydrogens (tertiary/aromatic N) is 2. The number of hydrogen-bond acceptors (Lipinski definition) is 6. The van der Waals surface area contributed by atoms with Crippen LogP contribution in [0.4, 0.5) is 5.69 Å². The number of amidine groups is 1. The molecular weight excluding hydrogens is 332 g/mol. The maximum Gasteiger partial charge on any atom is 0.313 e. The van der Waals surface area contributed by atoms with Crippen LogP contribution in [0, 0.1) is 5.41 Å². The summed E-state index contributed by atoms with van der Waals surface area (Å²) in [5.74, 6) is -0.638. The molecule has 3 N–H and O–H groups in total. The number of morpholine rings is 1. The maximum absolute atomic E-state index is 11.5. The van der Waals surface area contributed by atoms with Crippen molar-refractivity contribution in [1.29, 1.82) is 5.41 Å². The van der Waals surface area contributed by atoms with E-state index in [1.807, 2.05) is 12.1 Å². The lowest BCUT2D eigenvalue weighted by molar-refractivity contribution is -0.143. The average molecular weight is 360 g/mol. The van der Waals surface area contributed by atoms with Gasteiger partial charge in [-0.05, 0) is 30.5 Å². The van der Waals surface area contributed by atoms with Gasteiger partial charge in [0.15, 0.2) is 0 Å². The van der Waals surface area contributed by atoms with Crippen LogP contribution in [0.3, 0.4) is 0 Å². The number of nitrogens with one attached hydrogen (secondary N) is 1. The van der Waals surface area contributed by atoms with Crippen molar-refractivity contribution in [1.82, 2.24) is 4.90 Å². The summed E-state index contributed by atoms with van der Waals surface area (Å²) in [4.78, 5) is 16.5. The Balaban J connectivity index is 1.50. The molecule has 26 heavy (non-hydrogen) atoms. The van der Waals surface area contributed by atoms with Crippen molar-refractivity contribution < 1.29 is 14.3 Å². The van der Waals surface area contributed by atoms with Crippen molar-refractivity contribution in [2.75, 3.05) is 44.3 Å². The fourth-order valence-corrected chi connectivity index (χ4v) is 3.65. The number of ether oxygens (including phenoxy) is 2. The third kappa shape index (κ3) is 5.19. The van der Waals surface area contributed by atoms with Crippen molar-refractivity contribution in [3.05, 3.63) is 29.8 Å². The van der Waals surface area contributed by atoms with Crippen LogP contribution in [-0.2, 0) is 20.9 Å². The van der Waals surface area contributed by atoms with E-state index in [1.54, 1.807) is 0 Å². The van der Waals surface area contributed by atoms with Crippen LogP contribution < -0.4 is 10.6 Å². The molecule has 2 aliphatic rings. The summed E-state index contributed by atoms with van der Waals surface area (Å²) in [6.45, 7) is 6.09. The molecule has 2 heterocycles. The van der Waals surface area contributed by atoms with Gasteiger partial charge in [0.25, 0.3) is 0 Å². The summed E-state index contributed by atoms with van der Waals surface area (Å²) < 4.78 is 10.6. The van der Waals surface area contributed by atoms with Crippen molar-refractivity contribution in [2.24, 2.45) is 5.73 Å². The molecule has 0 amide bonds. The van der Waals surface area contributed by atoms with Crippen LogP contribution in [-0.4, -0.2) is 62.1 Å². The summed E-state index contributed by atoms with van der Waals surface area (Å²) in [6.07, 6.45) is 2.17. The van der Waals surface area contributed by atoms with Gasteiger partial charge in [0.2, 0.25) is 0 Å². The molecule has 0 unspecified atom stereocenters. The van der Waals surface area contributed by atoms with Crippen molar-refractivity contribution in [3.8, 4) is 0 Å². The summed E-state index contributed by atoms with van der Waals surface area (Å²) in [7, 11) is 0. The SMILES string of the molecule is N=C(N)CC(=O)OCc1cccc(N2CCC(N3CCOCC3)CC2)c1. The normalized spacial score (nSPS) is 19.3. The molecule has 0 atom stereocenters. The van der Waals surface area contributed by atoms with E-state index in [4.69, 9.17) is 20.6 Å². The van der Waals surface area contributed by atoms with Crippen LogP contribution in [0.15, 0.2) is 24.3 Å². The lowest BCUT2D eigenvalue weighted by atomic mass is 10.0. The number of esters is 1. The Morgan fingerprint density at radius 2 is 1.96 bits per heavy atom. The van der Waals surface area contributed by atoms with E-state index < -0.39 is 5.97 Å². The fourth-order valence-electron chi connectivity index (χ4n) is 3.65. The number of rotatable bonds is 6. The van der Waals surface area contributed by atoms with Crippen LogP contribution in [0.25, 0.3) is 0 Å². The Labute approximate surface area is 154 Å². The topological polar surface area (TPSA) is 91.9 Å². The summed E-state index contributed by atoms with van der Waals surface area (Å²) in [5.41, 5.74) is 7.34. The minimum absolute atomic E-state index is 0.158. The molecule has 1 aromatic carbocycles. The second-order valence-corrected chi connectivity index (χ2v) is 6.90. The number of anilines is 1. The highest BCUT2D eigenvalue weighted by Crippen LogP contribution is 2.24. The number of carbonyl (C=O) groups is 1. The van der Waals surface area contributed by atoms with Crippen LogP contribution >= 0.6 is 0 Å². The third-order valence-electron chi connectivity index (χ3n) is 5.04. The molecule has 1 aromatic rings. The Bertz CT molecular complexity index is 623. The molecule has 3 rings (SSSR count). The Morgan fingerprint density at radius 3 is 2.65 bits per heavy atom. The number of hydrogen-bond donors (Lipinski definition) is 2. The second kappa shape index (κ2) is 9.00. The third-order valence-corrected chi connectivity index (χ3v) is 5.04. The zero-order valence-electron chi connectivity index (χ0n) is 15.2. The number of nitrogens with two attached hydrogens (primary N) is 1. The molecular formula is C19H28N4O3. The largest absolute Gasteiger partial charge is 0.460 e.